The minimum atomic E-state index is 0. The predicted molar refractivity (Wildman–Crippen MR) is 36.0 cm³/mol. The van der Waals surface area contributed by atoms with E-state index >= 15 is 0 Å². The molecule has 0 saturated carbocycles. The summed E-state index contributed by atoms with van der Waals surface area (Å²) < 4.78 is 0. The van der Waals surface area contributed by atoms with E-state index in [2.05, 4.69) is 20.3 Å². The van der Waals surface area contributed by atoms with Gasteiger partial charge in [0.05, 0.1) is 0 Å². The Balaban J connectivity index is 0. The largest absolute Gasteiger partial charge is 0.113 e. The van der Waals surface area contributed by atoms with Gasteiger partial charge in [0.2, 0.25) is 0 Å². The Labute approximate surface area is 42.7 Å². The molecule has 0 atom stereocenters. The van der Waals surface area contributed by atoms with E-state index in [1.165, 1.54) is 6.16 Å². The van der Waals surface area contributed by atoms with Crippen LogP contribution in [0, 0.1) is 0 Å². The molecule has 0 nitrogen and oxygen atoms in total. The van der Waals surface area contributed by atoms with E-state index in [1.54, 1.807) is 0 Å². The van der Waals surface area contributed by atoms with E-state index in [0.29, 0.717) is 7.92 Å². The molecule has 0 radical (unpaired) electrons. The van der Waals surface area contributed by atoms with Crippen LogP contribution in [-0.4, -0.2) is 19.5 Å². The van der Waals surface area contributed by atoms with Gasteiger partial charge >= 0.3 is 0 Å². The molecule has 0 aliphatic heterocycles. The summed E-state index contributed by atoms with van der Waals surface area (Å²) in [6, 6.07) is 0. The number of hydrogen-bond acceptors (Lipinski definition) is 0. The molecule has 0 spiro atoms. The van der Waals surface area contributed by atoms with Gasteiger partial charge in [0.25, 0.3) is 0 Å². The Morgan fingerprint density at radius 1 is 1.33 bits per heavy atom. The Hall–Kier alpha value is 0.430. The van der Waals surface area contributed by atoms with Gasteiger partial charge in [-0.05, 0) is 19.5 Å². The average Bonchev–Trinajstić information content (AvgIpc) is 1.38. The summed E-state index contributed by atoms with van der Waals surface area (Å²) in [4.78, 5) is 0. The predicted octanol–water partition coefficient (Wildman–Crippen LogP) is 2.38. The van der Waals surface area contributed by atoms with Crippen LogP contribution in [0.5, 0.6) is 0 Å². The second kappa shape index (κ2) is 5.43. The highest BCUT2D eigenvalue weighted by Gasteiger charge is 1.78. The van der Waals surface area contributed by atoms with Crippen LogP contribution in [0.1, 0.15) is 14.4 Å². The van der Waals surface area contributed by atoms with Crippen molar-refractivity contribution in [2.75, 3.05) is 19.5 Å². The summed E-state index contributed by atoms with van der Waals surface area (Å²) in [7, 11) is 0.402. The Morgan fingerprint density at radius 3 is 1.50 bits per heavy atom. The highest BCUT2D eigenvalue weighted by molar-refractivity contribution is 7.55. The topological polar surface area (TPSA) is 0 Å². The fourth-order valence-electron chi connectivity index (χ4n) is 0. The fraction of sp³-hybridized carbons (Fsp3) is 1.00. The first-order valence-corrected chi connectivity index (χ1v) is 4.34. The lowest BCUT2D eigenvalue weighted by molar-refractivity contribution is 1.50. The van der Waals surface area contributed by atoms with Gasteiger partial charge in [-0.2, -0.15) is 0 Å². The maximum absolute atomic E-state index is 2.29. The van der Waals surface area contributed by atoms with Gasteiger partial charge in [-0.1, -0.05) is 14.4 Å². The minimum absolute atomic E-state index is 0. The molecule has 0 aromatic rings. The first kappa shape index (κ1) is 9.66. The Kier molecular flexibility index (Phi) is 8.74. The summed E-state index contributed by atoms with van der Waals surface area (Å²) in [5.74, 6) is 0. The van der Waals surface area contributed by atoms with Crippen LogP contribution in [0.2, 0.25) is 0 Å². The van der Waals surface area contributed by atoms with Crippen molar-refractivity contribution in [3.8, 4) is 0 Å². The second-order valence-electron chi connectivity index (χ2n) is 1.40. The molecule has 0 aliphatic rings. The van der Waals surface area contributed by atoms with E-state index in [4.69, 9.17) is 0 Å². The van der Waals surface area contributed by atoms with Crippen LogP contribution in [-0.2, 0) is 0 Å². The molecule has 0 amide bonds. The normalized spacial score (nSPS) is 8.00. The zero-order valence-corrected chi connectivity index (χ0v) is 5.05. The molecule has 0 aliphatic carbocycles. The molecule has 0 N–H and O–H groups in total. The third-order valence-corrected chi connectivity index (χ3v) is 1.90. The zero-order valence-electron chi connectivity index (χ0n) is 4.15. The van der Waals surface area contributed by atoms with Gasteiger partial charge in [0, 0.05) is 0 Å². The number of rotatable bonds is 1. The summed E-state index contributed by atoms with van der Waals surface area (Å²) in [6.45, 7) is 6.80. The summed E-state index contributed by atoms with van der Waals surface area (Å²) in [6.07, 6.45) is 1.37. The van der Waals surface area contributed by atoms with E-state index < -0.39 is 0 Å². The molecule has 0 rings (SSSR count). The maximum atomic E-state index is 2.29. The quantitative estimate of drug-likeness (QED) is 0.450. The molecule has 0 unspecified atom stereocenters. The first-order chi connectivity index (χ1) is 2.27. The molecule has 0 aromatic carbocycles. The van der Waals surface area contributed by atoms with Gasteiger partial charge in [-0.25, -0.2) is 0 Å². The third kappa shape index (κ3) is 8.83. The minimum Gasteiger partial charge on any atom is -0.113 e. The van der Waals surface area contributed by atoms with Crippen molar-refractivity contribution in [2.45, 2.75) is 14.4 Å². The standard InChI is InChI=1S/C4H11P.CH4/c1-4-5(2)3;/h4H2,1-3H3;1H4. The van der Waals surface area contributed by atoms with Crippen molar-refractivity contribution in [3.63, 3.8) is 0 Å². The van der Waals surface area contributed by atoms with Crippen LogP contribution < -0.4 is 0 Å². The molecule has 40 valence electrons. The van der Waals surface area contributed by atoms with Crippen LogP contribution >= 0.6 is 7.92 Å². The molecule has 0 bridgehead atoms. The average molecular weight is 106 g/mol. The van der Waals surface area contributed by atoms with E-state index in [1.807, 2.05) is 0 Å². The van der Waals surface area contributed by atoms with Crippen LogP contribution in [0.15, 0.2) is 0 Å². The van der Waals surface area contributed by atoms with Gasteiger partial charge < -0.3 is 0 Å². The van der Waals surface area contributed by atoms with Gasteiger partial charge in [0.1, 0.15) is 0 Å². The monoisotopic (exact) mass is 106 g/mol. The van der Waals surface area contributed by atoms with Crippen LogP contribution in [0.4, 0.5) is 0 Å². The van der Waals surface area contributed by atoms with Crippen LogP contribution in [0.3, 0.4) is 0 Å². The van der Waals surface area contributed by atoms with Crippen molar-refractivity contribution in [2.24, 2.45) is 0 Å². The van der Waals surface area contributed by atoms with Crippen LogP contribution in [0.25, 0.3) is 0 Å². The molecule has 0 fully saturated rings. The van der Waals surface area contributed by atoms with Crippen molar-refractivity contribution in [1.29, 1.82) is 0 Å². The van der Waals surface area contributed by atoms with E-state index in [9.17, 15) is 0 Å². The summed E-state index contributed by atoms with van der Waals surface area (Å²) in [5, 5.41) is 0. The van der Waals surface area contributed by atoms with Gasteiger partial charge in [-0.3, -0.25) is 0 Å². The number of hydrogen-bond donors (Lipinski definition) is 0. The molecule has 0 saturated heterocycles. The summed E-state index contributed by atoms with van der Waals surface area (Å²) in [5.41, 5.74) is 0. The maximum Gasteiger partial charge on any atom is -0.0359 e. The van der Waals surface area contributed by atoms with Crippen molar-refractivity contribution in [1.82, 2.24) is 0 Å². The van der Waals surface area contributed by atoms with Crippen molar-refractivity contribution >= 4 is 7.92 Å². The highest BCUT2D eigenvalue weighted by Crippen LogP contribution is 2.21. The smallest absolute Gasteiger partial charge is 0.0359 e. The molecule has 1 heteroatoms. The molecule has 0 heterocycles. The van der Waals surface area contributed by atoms with Gasteiger partial charge in [0.15, 0.2) is 0 Å². The molecule has 0 aromatic heterocycles. The third-order valence-electron chi connectivity index (χ3n) is 0.632. The molecular formula is C5H15P. The van der Waals surface area contributed by atoms with Crippen molar-refractivity contribution < 1.29 is 0 Å². The summed E-state index contributed by atoms with van der Waals surface area (Å²) >= 11 is 0. The SMILES string of the molecule is C.CCP(C)C. The molecular weight excluding hydrogens is 91.0 g/mol. The van der Waals surface area contributed by atoms with E-state index in [0.717, 1.165) is 0 Å². The second-order valence-corrected chi connectivity index (χ2v) is 4.19. The lowest BCUT2D eigenvalue weighted by Crippen LogP contribution is -1.65. The lowest BCUT2D eigenvalue weighted by Gasteiger charge is -1.92. The lowest BCUT2D eigenvalue weighted by atomic mass is 11.0. The Bertz CT molecular complexity index is 17.9. The highest BCUT2D eigenvalue weighted by atomic mass is 31.1. The van der Waals surface area contributed by atoms with Gasteiger partial charge in [-0.15, -0.1) is 7.92 Å². The fourth-order valence-corrected chi connectivity index (χ4v) is 0. The first-order valence-electron chi connectivity index (χ1n) is 1.92. The zero-order chi connectivity index (χ0) is 4.28. The Morgan fingerprint density at radius 2 is 1.50 bits per heavy atom. The molecule has 6 heavy (non-hydrogen) atoms. The van der Waals surface area contributed by atoms with Crippen molar-refractivity contribution in [3.05, 3.63) is 0 Å². The van der Waals surface area contributed by atoms with E-state index in [-0.39, 0.29) is 7.43 Å².